The van der Waals surface area contributed by atoms with Crippen LogP contribution in [0, 0.1) is 5.82 Å². The van der Waals surface area contributed by atoms with Gasteiger partial charge in [-0.2, -0.15) is 4.39 Å². The topological polar surface area (TPSA) is 99.6 Å². The van der Waals surface area contributed by atoms with Crippen molar-refractivity contribution in [3.63, 3.8) is 0 Å². The molecule has 0 unspecified atom stereocenters. The highest BCUT2D eigenvalue weighted by Crippen LogP contribution is 2.37. The second-order valence-corrected chi connectivity index (χ2v) is 7.71. The molecule has 10 heteroatoms. The number of alkyl halides is 1. The second kappa shape index (κ2) is 8.86. The molecule has 1 aliphatic heterocycles. The highest BCUT2D eigenvalue weighted by atomic mass is 127. The number of hydrogen-bond acceptors (Lipinski definition) is 6. The summed E-state index contributed by atoms with van der Waals surface area (Å²) in [6.07, 6.45) is -2.52. The summed E-state index contributed by atoms with van der Waals surface area (Å²) in [6, 6.07) is 9.25. The SMILES string of the molecule is CC1(C)O[C@H]([C@H](OCc2ccccc2)C(=O)CI)[C@@H](n2cc(F)c(=O)[nH]c2=O)O1. The predicted octanol–water partition coefficient (Wildman–Crippen LogP) is 1.92. The van der Waals surface area contributed by atoms with E-state index in [0.29, 0.717) is 0 Å². The zero-order valence-corrected chi connectivity index (χ0v) is 17.9. The van der Waals surface area contributed by atoms with Gasteiger partial charge in [0.1, 0.15) is 12.2 Å². The van der Waals surface area contributed by atoms with E-state index < -0.39 is 41.3 Å². The Morgan fingerprint density at radius 1 is 1.31 bits per heavy atom. The molecule has 1 fully saturated rings. The summed E-state index contributed by atoms with van der Waals surface area (Å²) in [6.45, 7) is 3.35. The Labute approximate surface area is 179 Å². The third kappa shape index (κ3) is 5.00. The molecule has 0 saturated carbocycles. The number of benzene rings is 1. The first-order chi connectivity index (χ1) is 13.7. The van der Waals surface area contributed by atoms with Gasteiger partial charge >= 0.3 is 5.69 Å². The maximum Gasteiger partial charge on any atom is 0.330 e. The van der Waals surface area contributed by atoms with Crippen molar-refractivity contribution >= 4 is 28.4 Å². The van der Waals surface area contributed by atoms with Gasteiger partial charge in [-0.25, -0.2) is 4.79 Å². The molecule has 0 radical (unpaired) electrons. The van der Waals surface area contributed by atoms with Gasteiger partial charge in [-0.05, 0) is 19.4 Å². The number of ether oxygens (including phenoxy) is 3. The van der Waals surface area contributed by atoms with Crippen LogP contribution in [0.5, 0.6) is 0 Å². The van der Waals surface area contributed by atoms with Crippen molar-refractivity contribution in [2.75, 3.05) is 4.43 Å². The summed E-state index contributed by atoms with van der Waals surface area (Å²) in [5, 5.41) is 0. The molecule has 1 saturated heterocycles. The molecule has 0 amide bonds. The number of Topliss-reactive ketones (excluding diaryl/α,β-unsaturated/α-hetero) is 1. The van der Waals surface area contributed by atoms with Crippen LogP contribution in [-0.4, -0.2) is 37.8 Å². The zero-order valence-electron chi connectivity index (χ0n) is 15.8. The molecule has 2 heterocycles. The van der Waals surface area contributed by atoms with Crippen molar-refractivity contribution < 1.29 is 23.4 Å². The van der Waals surface area contributed by atoms with Gasteiger partial charge in [-0.1, -0.05) is 52.9 Å². The highest BCUT2D eigenvalue weighted by molar-refractivity contribution is 14.1. The lowest BCUT2D eigenvalue weighted by molar-refractivity contribution is -0.166. The molecule has 1 aromatic carbocycles. The molecule has 0 spiro atoms. The van der Waals surface area contributed by atoms with Gasteiger partial charge in [0.25, 0.3) is 5.56 Å². The number of halogens is 2. The number of rotatable bonds is 7. The molecule has 0 bridgehead atoms. The Bertz CT molecular complexity index is 990. The zero-order chi connectivity index (χ0) is 21.2. The lowest BCUT2D eigenvalue weighted by Gasteiger charge is -2.26. The van der Waals surface area contributed by atoms with Crippen LogP contribution in [0.1, 0.15) is 25.6 Å². The van der Waals surface area contributed by atoms with Crippen molar-refractivity contribution in [1.29, 1.82) is 0 Å². The minimum Gasteiger partial charge on any atom is -0.363 e. The van der Waals surface area contributed by atoms with E-state index in [4.69, 9.17) is 14.2 Å². The summed E-state index contributed by atoms with van der Waals surface area (Å²) in [5.74, 6) is -2.59. The second-order valence-electron chi connectivity index (χ2n) is 6.95. The van der Waals surface area contributed by atoms with Crippen molar-refractivity contribution in [3.8, 4) is 0 Å². The molecule has 1 aromatic heterocycles. The Kier molecular flexibility index (Phi) is 6.66. The lowest BCUT2D eigenvalue weighted by Crippen LogP contribution is -2.45. The Balaban J connectivity index is 1.95. The third-order valence-corrected chi connectivity index (χ3v) is 5.08. The molecule has 1 N–H and O–H groups in total. The molecule has 3 atom stereocenters. The van der Waals surface area contributed by atoms with Crippen LogP contribution in [0.3, 0.4) is 0 Å². The maximum atomic E-state index is 13.8. The smallest absolute Gasteiger partial charge is 0.330 e. The normalized spacial score (nSPS) is 21.8. The maximum absolute atomic E-state index is 13.8. The monoisotopic (exact) mass is 518 g/mol. The fourth-order valence-electron chi connectivity index (χ4n) is 3.06. The van der Waals surface area contributed by atoms with Crippen molar-refractivity contribution in [1.82, 2.24) is 9.55 Å². The van der Waals surface area contributed by atoms with E-state index in [-0.39, 0.29) is 16.8 Å². The fraction of sp³-hybridized carbons (Fsp3) is 0.421. The number of aromatic nitrogens is 2. The number of carbonyl (C=O) groups is 1. The first-order valence-electron chi connectivity index (χ1n) is 8.82. The van der Waals surface area contributed by atoms with Crippen molar-refractivity contribution in [2.45, 2.75) is 44.7 Å². The summed E-state index contributed by atoms with van der Waals surface area (Å²) in [5.41, 5.74) is -1.17. The standard InChI is InChI=1S/C19H20FIN2O6/c1-19(2)28-15(17(29-19)23-9-12(20)16(25)22-18(23)26)14(13(24)8-21)27-10-11-6-4-3-5-7-11/h3-7,9,14-15,17H,8,10H2,1-2H3,(H,22,25,26)/t14-,15-,17+/m1/s1. The summed E-state index contributed by atoms with van der Waals surface area (Å²) >= 11 is 1.91. The Morgan fingerprint density at radius 2 is 2.00 bits per heavy atom. The van der Waals surface area contributed by atoms with Crippen molar-refractivity contribution in [3.05, 3.63) is 68.7 Å². The van der Waals surface area contributed by atoms with Gasteiger partial charge in [0.2, 0.25) is 5.82 Å². The number of ketones is 1. The Morgan fingerprint density at radius 3 is 2.66 bits per heavy atom. The Hall–Kier alpha value is -1.89. The first kappa shape index (κ1) is 21.8. The summed E-state index contributed by atoms with van der Waals surface area (Å²) < 4.78 is 32.3. The van der Waals surface area contributed by atoms with Crippen LogP contribution in [0.15, 0.2) is 46.1 Å². The van der Waals surface area contributed by atoms with E-state index in [1.807, 2.05) is 57.9 Å². The van der Waals surface area contributed by atoms with Gasteiger partial charge in [-0.3, -0.25) is 19.1 Å². The summed E-state index contributed by atoms with van der Waals surface area (Å²) in [7, 11) is 0. The lowest BCUT2D eigenvalue weighted by atomic mass is 10.1. The number of aromatic amines is 1. The number of nitrogens with zero attached hydrogens (tertiary/aromatic N) is 1. The third-order valence-electron chi connectivity index (χ3n) is 4.32. The molecule has 3 rings (SSSR count). The van der Waals surface area contributed by atoms with Gasteiger partial charge < -0.3 is 14.2 Å². The van der Waals surface area contributed by atoms with Crippen LogP contribution in [0.25, 0.3) is 0 Å². The number of H-pyrrole nitrogens is 1. The van der Waals surface area contributed by atoms with Crippen LogP contribution in [0.4, 0.5) is 4.39 Å². The minimum atomic E-state index is -1.17. The minimum absolute atomic E-state index is 0.135. The fourth-order valence-corrected chi connectivity index (χ4v) is 3.49. The number of hydrogen-bond donors (Lipinski definition) is 1. The van der Waals surface area contributed by atoms with Gasteiger partial charge in [0.15, 0.2) is 17.8 Å². The molecule has 156 valence electrons. The van der Waals surface area contributed by atoms with E-state index >= 15 is 0 Å². The highest BCUT2D eigenvalue weighted by Gasteiger charge is 2.49. The predicted molar refractivity (Wildman–Crippen MR) is 109 cm³/mol. The van der Waals surface area contributed by atoms with E-state index in [2.05, 4.69) is 0 Å². The molecular formula is C19H20FIN2O6. The van der Waals surface area contributed by atoms with Crippen LogP contribution in [0.2, 0.25) is 0 Å². The van der Waals surface area contributed by atoms with E-state index in [9.17, 15) is 18.8 Å². The first-order valence-corrected chi connectivity index (χ1v) is 10.4. The number of carbonyl (C=O) groups excluding carboxylic acids is 1. The molecule has 0 aliphatic carbocycles. The quantitative estimate of drug-likeness (QED) is 0.445. The van der Waals surface area contributed by atoms with Crippen LogP contribution in [-0.2, 0) is 25.6 Å². The van der Waals surface area contributed by atoms with Gasteiger partial charge in [-0.15, -0.1) is 0 Å². The molecule has 2 aromatic rings. The molecule has 1 aliphatic rings. The molecule has 8 nitrogen and oxygen atoms in total. The largest absolute Gasteiger partial charge is 0.363 e. The number of nitrogens with one attached hydrogen (secondary N) is 1. The van der Waals surface area contributed by atoms with Crippen LogP contribution < -0.4 is 11.2 Å². The van der Waals surface area contributed by atoms with Crippen LogP contribution >= 0.6 is 22.6 Å². The van der Waals surface area contributed by atoms with Gasteiger partial charge in [0, 0.05) is 0 Å². The average Bonchev–Trinajstić information content (AvgIpc) is 3.00. The van der Waals surface area contributed by atoms with Crippen molar-refractivity contribution in [2.24, 2.45) is 0 Å². The van der Waals surface area contributed by atoms with E-state index in [0.717, 1.165) is 16.3 Å². The molecular weight excluding hydrogens is 498 g/mol. The average molecular weight is 518 g/mol. The van der Waals surface area contributed by atoms with E-state index in [1.54, 1.807) is 13.8 Å². The van der Waals surface area contributed by atoms with Gasteiger partial charge in [0.05, 0.1) is 17.2 Å². The van der Waals surface area contributed by atoms with E-state index in [1.165, 1.54) is 0 Å². The molecule has 29 heavy (non-hydrogen) atoms. The summed E-state index contributed by atoms with van der Waals surface area (Å²) in [4.78, 5) is 38.1.